The van der Waals surface area contributed by atoms with Crippen molar-refractivity contribution in [1.82, 2.24) is 42.5 Å². The van der Waals surface area contributed by atoms with Gasteiger partial charge >= 0.3 is 0 Å². The Hall–Kier alpha value is -8.43. The van der Waals surface area contributed by atoms with E-state index in [1.807, 2.05) is 48.5 Å². The third kappa shape index (κ3) is 12.7. The SMILES string of the molecule is CC(C)(C)c1cc2c(nc3cc(C(C)(C)C)c4ccccc4n32)c2[c-]cccc12.CC(C)(C)c1cc2nc3c4[c-]cccc4ccc3n2c2ccccc12.Cc1ccc2nc3c4[c-]cccc4nc(C(C)(C)C)c3n2c1.[Ir].[Ir].[Ir].[Ir].[c-]1cccc2ccc3c(nc4ccc5ccccc5n43)c12. The zero-order valence-corrected chi connectivity index (χ0v) is 68.2. The van der Waals surface area contributed by atoms with Gasteiger partial charge in [0.1, 0.15) is 22.6 Å². The van der Waals surface area contributed by atoms with Crippen molar-refractivity contribution >= 4 is 143 Å². The number of aryl methyl sites for hydroxylation is 1. The van der Waals surface area contributed by atoms with Gasteiger partial charge in [-0.3, -0.25) is 19.9 Å². The monoisotopic (exact) mass is 2030 g/mol. The predicted molar refractivity (Wildman–Crippen MR) is 406 cm³/mol. The molecule has 9 heterocycles. The summed E-state index contributed by atoms with van der Waals surface area (Å²) in [6.45, 7) is 29.1. The summed E-state index contributed by atoms with van der Waals surface area (Å²) in [5, 5.41) is 11.7. The van der Waals surface area contributed by atoms with E-state index in [0.29, 0.717) is 0 Å². The van der Waals surface area contributed by atoms with Crippen LogP contribution in [-0.4, -0.2) is 42.5 Å². The summed E-state index contributed by atoms with van der Waals surface area (Å²) in [7, 11) is 0. The molecule has 0 aliphatic rings. The second-order valence-corrected chi connectivity index (χ2v) is 30.0. The number of pyridine rings is 5. The van der Waals surface area contributed by atoms with Gasteiger partial charge in [0.2, 0.25) is 0 Å². The van der Waals surface area contributed by atoms with Crippen molar-refractivity contribution in [2.45, 2.75) is 112 Å². The second kappa shape index (κ2) is 27.4. The van der Waals surface area contributed by atoms with Gasteiger partial charge in [-0.1, -0.05) is 185 Å². The topological polar surface area (TPSA) is 82.1 Å². The van der Waals surface area contributed by atoms with Crippen molar-refractivity contribution < 1.29 is 80.4 Å². The zero-order chi connectivity index (χ0) is 67.0. The molecular weight excluding hydrogens is 1950 g/mol. The van der Waals surface area contributed by atoms with E-state index in [-0.39, 0.29) is 102 Å². The van der Waals surface area contributed by atoms with Crippen molar-refractivity contribution in [1.29, 1.82) is 0 Å². The maximum absolute atomic E-state index is 5.12. The molecular formula is C88H75Ir4N9-4. The summed E-state index contributed by atoms with van der Waals surface area (Å²) in [6.07, 6.45) is 2.14. The van der Waals surface area contributed by atoms with E-state index in [9.17, 15) is 0 Å². The van der Waals surface area contributed by atoms with Gasteiger partial charge in [-0.05, 0) is 99.3 Å². The van der Waals surface area contributed by atoms with E-state index in [1.165, 1.54) is 71.1 Å². The molecule has 4 radical (unpaired) electrons. The number of hydrogen-bond donors (Lipinski definition) is 0. The number of fused-ring (bicyclic) bond motifs is 26. The number of rotatable bonds is 0. The fourth-order valence-corrected chi connectivity index (χ4v) is 14.4. The van der Waals surface area contributed by atoms with E-state index in [1.54, 1.807) is 0 Å². The van der Waals surface area contributed by atoms with Gasteiger partial charge in [0.25, 0.3) is 0 Å². The minimum Gasteiger partial charge on any atom is -0.307 e. The molecule has 0 saturated carbocycles. The molecule has 19 rings (SSSR count). The molecule has 512 valence electrons. The molecule has 101 heavy (non-hydrogen) atoms. The van der Waals surface area contributed by atoms with Gasteiger partial charge in [-0.25, -0.2) is 0 Å². The van der Waals surface area contributed by atoms with Crippen LogP contribution in [0.1, 0.15) is 111 Å². The molecule has 0 spiro atoms. The molecule has 0 bridgehead atoms. The summed E-state index contributed by atoms with van der Waals surface area (Å²) < 4.78 is 9.00. The average molecular weight is 2030 g/mol. The van der Waals surface area contributed by atoms with Crippen molar-refractivity contribution in [3.8, 4) is 0 Å². The summed E-state index contributed by atoms with van der Waals surface area (Å²) in [4.78, 5) is 24.7. The molecule has 0 amide bonds. The maximum Gasteiger partial charge on any atom is 0.128 e. The fraction of sp³-hybridized carbons (Fsp3) is 0.193. The Kier molecular flexibility index (Phi) is 19.6. The molecule has 0 unspecified atom stereocenters. The summed E-state index contributed by atoms with van der Waals surface area (Å²) in [5.41, 5.74) is 23.5. The summed E-state index contributed by atoms with van der Waals surface area (Å²) in [5.74, 6) is 0. The summed E-state index contributed by atoms with van der Waals surface area (Å²) >= 11 is 0. The third-order valence-corrected chi connectivity index (χ3v) is 19.0. The van der Waals surface area contributed by atoms with Gasteiger partial charge in [0, 0.05) is 141 Å². The van der Waals surface area contributed by atoms with Crippen LogP contribution in [0, 0.1) is 31.2 Å². The molecule has 0 aliphatic carbocycles. The van der Waals surface area contributed by atoms with Crippen LogP contribution in [-0.2, 0) is 102 Å². The Balaban J connectivity index is 0.000000127. The Labute approximate surface area is 642 Å². The zero-order valence-electron chi connectivity index (χ0n) is 58.6. The fourth-order valence-electron chi connectivity index (χ4n) is 14.4. The Morgan fingerprint density at radius 3 is 1.29 bits per heavy atom. The van der Waals surface area contributed by atoms with Gasteiger partial charge in [0.05, 0.1) is 27.8 Å². The number of para-hydroxylation sites is 3. The average Bonchev–Trinajstić information content (AvgIpc) is 1.62. The van der Waals surface area contributed by atoms with Gasteiger partial charge in [-0.15, -0.1) is 129 Å². The number of benzene rings is 10. The first-order valence-corrected chi connectivity index (χ1v) is 33.6. The minimum absolute atomic E-state index is 0. The van der Waals surface area contributed by atoms with Crippen molar-refractivity contribution in [2.24, 2.45) is 0 Å². The molecule has 19 aromatic rings. The van der Waals surface area contributed by atoms with Gasteiger partial charge < -0.3 is 22.6 Å². The van der Waals surface area contributed by atoms with Crippen LogP contribution in [0.2, 0.25) is 0 Å². The van der Waals surface area contributed by atoms with Crippen LogP contribution in [0.3, 0.4) is 0 Å². The smallest absolute Gasteiger partial charge is 0.128 e. The van der Waals surface area contributed by atoms with Crippen LogP contribution in [0.4, 0.5) is 0 Å². The first-order chi connectivity index (χ1) is 46.6. The third-order valence-electron chi connectivity index (χ3n) is 19.0. The van der Waals surface area contributed by atoms with Crippen LogP contribution in [0.5, 0.6) is 0 Å². The molecule has 9 nitrogen and oxygen atoms in total. The molecule has 0 saturated heterocycles. The standard InChI is InChI=1S/C27H27N2.C23H19N2.C19H18N3.C19H11N2.4Ir/c1-26(2,3)20-15-23-25(18-12-8-7-11-17(18)20)28-24-16-21(27(4,5)6)19-13-9-10-14-22(19)29(23)24;1-23(2,3)18-14-21-24-22-16-9-5-4-8-15(16)12-13-20(22)25(21)19-11-7-6-10-17(18)19;1-12-9-10-15-21-16-13-7-5-6-8-14(13)20-18(19(2,3)4)17(16)22(15)11-12;1-3-7-15-13(5-1)9-11-17-19(15)20-18-12-10-14-6-2-4-8-16(14)21(17)18;;;;/h7-11,13-16H,1-6H3;4-8,10-14H,1-3H3;5-6,8-11H,1-4H3;1-6,8-12H;;;;/q4*-1;;;;. The number of aromatic nitrogens is 9. The van der Waals surface area contributed by atoms with Crippen LogP contribution >= 0.6 is 0 Å². The van der Waals surface area contributed by atoms with Crippen LogP contribution in [0.25, 0.3) is 143 Å². The van der Waals surface area contributed by atoms with E-state index >= 15 is 0 Å². The first-order valence-electron chi connectivity index (χ1n) is 33.6. The molecule has 10 aromatic carbocycles. The van der Waals surface area contributed by atoms with Crippen molar-refractivity contribution in [2.75, 3.05) is 0 Å². The van der Waals surface area contributed by atoms with E-state index in [4.69, 9.17) is 24.9 Å². The minimum atomic E-state index is -0.0536. The molecule has 0 N–H and O–H groups in total. The molecule has 13 heteroatoms. The molecule has 0 atom stereocenters. The molecule has 0 fully saturated rings. The predicted octanol–water partition coefficient (Wildman–Crippen LogP) is 22.1. The van der Waals surface area contributed by atoms with Gasteiger partial charge in [-0.2, -0.15) is 0 Å². The first kappa shape index (κ1) is 72.4. The molecule has 9 aromatic heterocycles. The Bertz CT molecular complexity index is 6410. The van der Waals surface area contributed by atoms with Crippen molar-refractivity contribution in [3.05, 3.63) is 271 Å². The summed E-state index contributed by atoms with van der Waals surface area (Å²) in [6, 6.07) is 87.5. The Morgan fingerprint density at radius 1 is 0.307 bits per heavy atom. The number of hydrogen-bond acceptors (Lipinski definition) is 5. The van der Waals surface area contributed by atoms with Crippen LogP contribution in [0.15, 0.2) is 219 Å². The molecule has 0 aliphatic heterocycles. The maximum atomic E-state index is 5.12. The van der Waals surface area contributed by atoms with Crippen LogP contribution < -0.4 is 0 Å². The normalized spacial score (nSPS) is 12.1. The second-order valence-electron chi connectivity index (χ2n) is 30.0. The van der Waals surface area contributed by atoms with E-state index in [2.05, 4.69) is 302 Å². The van der Waals surface area contributed by atoms with E-state index in [0.717, 1.165) is 99.5 Å². The van der Waals surface area contributed by atoms with Gasteiger partial charge in [0.15, 0.2) is 0 Å². The Morgan fingerprint density at radius 2 is 0.723 bits per heavy atom. The van der Waals surface area contributed by atoms with E-state index < -0.39 is 0 Å². The quantitative estimate of drug-likeness (QED) is 0.141. The largest absolute Gasteiger partial charge is 0.307 e. The number of imidazole rings is 4. The van der Waals surface area contributed by atoms with Crippen molar-refractivity contribution in [3.63, 3.8) is 0 Å². The number of nitrogens with zero attached hydrogens (tertiary/aromatic N) is 9.